The molecule has 0 bridgehead atoms. The molecule has 1 aromatic heterocycles. The van der Waals surface area contributed by atoms with Gasteiger partial charge in [-0.15, -0.1) is 0 Å². The minimum atomic E-state index is -0.437. The molecule has 0 saturated carbocycles. The Morgan fingerprint density at radius 2 is 2.23 bits per heavy atom. The van der Waals surface area contributed by atoms with E-state index in [1.807, 2.05) is 26.0 Å². The molecule has 2 aromatic rings. The quantitative estimate of drug-likeness (QED) is 0.910. The molecule has 6 nitrogen and oxygen atoms in total. The molecule has 1 N–H and O–H groups in total. The predicted octanol–water partition coefficient (Wildman–Crippen LogP) is 1.42. The van der Waals surface area contributed by atoms with E-state index in [4.69, 9.17) is 0 Å². The maximum Gasteiger partial charge on any atom is 0.253 e. The summed E-state index contributed by atoms with van der Waals surface area (Å²) >= 11 is 0. The van der Waals surface area contributed by atoms with Crippen molar-refractivity contribution in [3.8, 4) is 5.69 Å². The summed E-state index contributed by atoms with van der Waals surface area (Å²) in [7, 11) is 0. The zero-order chi connectivity index (χ0) is 15.7. The molecule has 6 heteroatoms. The van der Waals surface area contributed by atoms with Crippen LogP contribution in [0.2, 0.25) is 0 Å². The van der Waals surface area contributed by atoms with Gasteiger partial charge in [-0.1, -0.05) is 6.92 Å². The van der Waals surface area contributed by atoms with Crippen molar-refractivity contribution >= 4 is 5.91 Å². The standard InChI is InChI=1S/C16H20N4O2/c1-11-5-6-19(8-15(11)21)16(22)13-3-4-14(12(2)7-13)20-10-17-9-18-20/h3-4,7,9-11,15,21H,5-6,8H2,1-2H3. The van der Waals surface area contributed by atoms with E-state index in [9.17, 15) is 9.90 Å². The third kappa shape index (κ3) is 2.74. The smallest absolute Gasteiger partial charge is 0.253 e. The lowest BCUT2D eigenvalue weighted by Crippen LogP contribution is -2.45. The first kappa shape index (κ1) is 14.7. The van der Waals surface area contributed by atoms with Crippen molar-refractivity contribution in [1.29, 1.82) is 0 Å². The van der Waals surface area contributed by atoms with Crippen LogP contribution in [0.25, 0.3) is 5.69 Å². The van der Waals surface area contributed by atoms with Gasteiger partial charge in [0.25, 0.3) is 5.91 Å². The van der Waals surface area contributed by atoms with Crippen LogP contribution in [0.3, 0.4) is 0 Å². The fourth-order valence-corrected chi connectivity index (χ4v) is 2.79. The van der Waals surface area contributed by atoms with E-state index < -0.39 is 6.10 Å². The molecule has 3 rings (SSSR count). The van der Waals surface area contributed by atoms with Crippen LogP contribution in [0.1, 0.15) is 29.3 Å². The van der Waals surface area contributed by atoms with Crippen LogP contribution < -0.4 is 0 Å². The van der Waals surface area contributed by atoms with Crippen LogP contribution in [0, 0.1) is 12.8 Å². The molecule has 1 aromatic carbocycles. The van der Waals surface area contributed by atoms with Gasteiger partial charge in [0, 0.05) is 18.7 Å². The van der Waals surface area contributed by atoms with Crippen molar-refractivity contribution in [3.63, 3.8) is 0 Å². The Morgan fingerprint density at radius 3 is 2.86 bits per heavy atom. The summed E-state index contributed by atoms with van der Waals surface area (Å²) in [6, 6.07) is 5.54. The second-order valence-corrected chi connectivity index (χ2v) is 5.93. The number of hydrogen-bond acceptors (Lipinski definition) is 4. The third-order valence-corrected chi connectivity index (χ3v) is 4.32. The number of aliphatic hydroxyl groups excluding tert-OH is 1. The van der Waals surface area contributed by atoms with Crippen LogP contribution in [-0.4, -0.2) is 49.9 Å². The lowest BCUT2D eigenvalue weighted by atomic mass is 9.95. The Morgan fingerprint density at radius 1 is 1.41 bits per heavy atom. The molecular weight excluding hydrogens is 280 g/mol. The summed E-state index contributed by atoms with van der Waals surface area (Å²) in [5.74, 6) is 0.222. The molecule has 0 radical (unpaired) electrons. The average molecular weight is 300 g/mol. The second kappa shape index (κ2) is 5.88. The zero-order valence-electron chi connectivity index (χ0n) is 12.8. The largest absolute Gasteiger partial charge is 0.391 e. The second-order valence-electron chi connectivity index (χ2n) is 5.93. The van der Waals surface area contributed by atoms with Crippen molar-refractivity contribution in [2.24, 2.45) is 5.92 Å². The van der Waals surface area contributed by atoms with Gasteiger partial charge < -0.3 is 10.0 Å². The third-order valence-electron chi connectivity index (χ3n) is 4.32. The number of aryl methyl sites for hydroxylation is 1. The van der Waals surface area contributed by atoms with Crippen molar-refractivity contribution < 1.29 is 9.90 Å². The van der Waals surface area contributed by atoms with Gasteiger partial charge in [0.15, 0.2) is 0 Å². The molecule has 22 heavy (non-hydrogen) atoms. The molecule has 2 heterocycles. The fourth-order valence-electron chi connectivity index (χ4n) is 2.79. The Kier molecular flexibility index (Phi) is 3.94. The molecule has 1 fully saturated rings. The van der Waals surface area contributed by atoms with Crippen LogP contribution in [0.4, 0.5) is 0 Å². The molecule has 0 spiro atoms. The SMILES string of the molecule is Cc1cc(C(=O)N2CCC(C)C(O)C2)ccc1-n1cncn1. The number of piperidine rings is 1. The highest BCUT2D eigenvalue weighted by molar-refractivity contribution is 5.94. The van der Waals surface area contributed by atoms with Crippen LogP contribution in [-0.2, 0) is 0 Å². The minimum absolute atomic E-state index is 0.0285. The van der Waals surface area contributed by atoms with E-state index in [-0.39, 0.29) is 11.8 Å². The molecule has 0 aliphatic carbocycles. The number of amides is 1. The zero-order valence-corrected chi connectivity index (χ0v) is 12.8. The predicted molar refractivity (Wildman–Crippen MR) is 81.8 cm³/mol. The number of aromatic nitrogens is 3. The highest BCUT2D eigenvalue weighted by Gasteiger charge is 2.28. The van der Waals surface area contributed by atoms with Gasteiger partial charge in [-0.25, -0.2) is 9.67 Å². The van der Waals surface area contributed by atoms with Gasteiger partial charge >= 0.3 is 0 Å². The molecular formula is C16H20N4O2. The van der Waals surface area contributed by atoms with E-state index in [1.165, 1.54) is 6.33 Å². The number of β-amino-alcohol motifs (C(OH)–C–C–N with tert-alkyl or cyclic N) is 1. The van der Waals surface area contributed by atoms with Crippen molar-refractivity contribution in [1.82, 2.24) is 19.7 Å². The van der Waals surface area contributed by atoms with E-state index in [0.29, 0.717) is 18.7 Å². The Balaban J connectivity index is 1.80. The molecule has 2 unspecified atom stereocenters. The summed E-state index contributed by atoms with van der Waals surface area (Å²) in [5.41, 5.74) is 2.51. The van der Waals surface area contributed by atoms with Gasteiger partial charge in [-0.2, -0.15) is 5.10 Å². The lowest BCUT2D eigenvalue weighted by molar-refractivity contribution is 0.0248. The number of likely N-dealkylation sites (tertiary alicyclic amines) is 1. The molecule has 1 amide bonds. The van der Waals surface area contributed by atoms with Gasteiger partial charge in [-0.05, 0) is 43.0 Å². The first-order valence-electron chi connectivity index (χ1n) is 7.49. The number of benzene rings is 1. The minimum Gasteiger partial charge on any atom is -0.391 e. The fraction of sp³-hybridized carbons (Fsp3) is 0.438. The Labute approximate surface area is 129 Å². The van der Waals surface area contributed by atoms with Gasteiger partial charge in [0.2, 0.25) is 0 Å². The van der Waals surface area contributed by atoms with E-state index in [1.54, 1.807) is 22.0 Å². The van der Waals surface area contributed by atoms with Crippen LogP contribution in [0.15, 0.2) is 30.9 Å². The molecule has 2 atom stereocenters. The first-order chi connectivity index (χ1) is 10.6. The van der Waals surface area contributed by atoms with Crippen molar-refractivity contribution in [3.05, 3.63) is 42.0 Å². The van der Waals surface area contributed by atoms with Crippen LogP contribution in [0.5, 0.6) is 0 Å². The normalized spacial score (nSPS) is 21.9. The van der Waals surface area contributed by atoms with Gasteiger partial charge in [0.05, 0.1) is 11.8 Å². The monoisotopic (exact) mass is 300 g/mol. The number of aliphatic hydroxyl groups is 1. The maximum atomic E-state index is 12.6. The van der Waals surface area contributed by atoms with E-state index in [0.717, 1.165) is 17.7 Å². The number of rotatable bonds is 2. The van der Waals surface area contributed by atoms with E-state index >= 15 is 0 Å². The Bertz CT molecular complexity index is 669. The van der Waals surface area contributed by atoms with Gasteiger partial charge in [-0.3, -0.25) is 4.79 Å². The number of nitrogens with zero attached hydrogens (tertiary/aromatic N) is 4. The van der Waals surface area contributed by atoms with E-state index in [2.05, 4.69) is 10.1 Å². The molecule has 1 aliphatic rings. The average Bonchev–Trinajstić information content (AvgIpc) is 3.03. The summed E-state index contributed by atoms with van der Waals surface area (Å²) < 4.78 is 1.68. The first-order valence-corrected chi connectivity index (χ1v) is 7.49. The van der Waals surface area contributed by atoms with Crippen molar-refractivity contribution in [2.75, 3.05) is 13.1 Å². The molecule has 1 saturated heterocycles. The summed E-state index contributed by atoms with van der Waals surface area (Å²) in [5, 5.41) is 14.1. The number of carbonyl (C=O) groups is 1. The number of carbonyl (C=O) groups excluding carboxylic acids is 1. The Hall–Kier alpha value is -2.21. The molecule has 116 valence electrons. The van der Waals surface area contributed by atoms with Crippen LogP contribution >= 0.6 is 0 Å². The van der Waals surface area contributed by atoms with Crippen molar-refractivity contribution in [2.45, 2.75) is 26.4 Å². The summed E-state index contributed by atoms with van der Waals surface area (Å²) in [6.07, 6.45) is 3.51. The maximum absolute atomic E-state index is 12.6. The summed E-state index contributed by atoms with van der Waals surface area (Å²) in [4.78, 5) is 18.2. The number of hydrogen-bond donors (Lipinski definition) is 1. The highest BCUT2D eigenvalue weighted by Crippen LogP contribution is 2.21. The summed E-state index contributed by atoms with van der Waals surface area (Å²) in [6.45, 7) is 5.06. The lowest BCUT2D eigenvalue weighted by Gasteiger charge is -2.34. The topological polar surface area (TPSA) is 71.2 Å². The molecule has 1 aliphatic heterocycles. The highest BCUT2D eigenvalue weighted by atomic mass is 16.3. The van der Waals surface area contributed by atoms with Gasteiger partial charge in [0.1, 0.15) is 12.7 Å².